The maximum Gasteiger partial charge on any atom is 0.241 e. The van der Waals surface area contributed by atoms with Crippen molar-refractivity contribution < 1.29 is 4.79 Å². The third-order valence-corrected chi connectivity index (χ3v) is 4.67. The van der Waals surface area contributed by atoms with E-state index in [1.165, 1.54) is 11.6 Å². The van der Waals surface area contributed by atoms with Gasteiger partial charge in [-0.1, -0.05) is 49.2 Å². The predicted molar refractivity (Wildman–Crippen MR) is 127 cm³/mol. The summed E-state index contributed by atoms with van der Waals surface area (Å²) in [4.78, 5) is 16.0. The Morgan fingerprint density at radius 1 is 1.10 bits per heavy atom. The average Bonchev–Trinajstić information content (AvgIpc) is 2.66. The molecule has 0 spiro atoms. The fourth-order valence-corrected chi connectivity index (χ4v) is 3.37. The van der Waals surface area contributed by atoms with Gasteiger partial charge in [0.25, 0.3) is 0 Å². The number of benzene rings is 2. The van der Waals surface area contributed by atoms with Crippen molar-refractivity contribution in [1.82, 2.24) is 4.98 Å². The molecule has 1 amide bonds. The second-order valence-electron chi connectivity index (χ2n) is 6.74. The maximum atomic E-state index is 11.1. The molecule has 1 aromatic heterocycles. The molecular formula is C23H27Cl2N3O. The summed E-state index contributed by atoms with van der Waals surface area (Å²) in [7, 11) is 0. The highest BCUT2D eigenvalue weighted by Crippen LogP contribution is 2.34. The molecule has 4 N–H and O–H groups in total. The van der Waals surface area contributed by atoms with Crippen molar-refractivity contribution >= 4 is 47.7 Å². The minimum absolute atomic E-state index is 0. The number of primary amides is 1. The molecule has 0 bridgehead atoms. The van der Waals surface area contributed by atoms with Crippen LogP contribution in [0.25, 0.3) is 28.1 Å². The molecule has 2 aromatic carbocycles. The van der Waals surface area contributed by atoms with Crippen LogP contribution in [0.2, 0.25) is 0 Å². The minimum atomic E-state index is -0.465. The molecule has 1 heterocycles. The molecule has 0 atom stereocenters. The van der Waals surface area contributed by atoms with Crippen LogP contribution in [0.3, 0.4) is 0 Å². The zero-order valence-corrected chi connectivity index (χ0v) is 18.3. The SMILES string of the molecule is CCCc1nc2ccc(C=CC(N)=O)cc2c(-c2ccc(C)cc2)c1CN.Cl.Cl. The lowest BCUT2D eigenvalue weighted by Gasteiger charge is -2.17. The van der Waals surface area contributed by atoms with Crippen LogP contribution in [-0.2, 0) is 17.8 Å². The summed E-state index contributed by atoms with van der Waals surface area (Å²) in [6, 6.07) is 14.5. The monoisotopic (exact) mass is 431 g/mol. The molecule has 3 aromatic rings. The van der Waals surface area contributed by atoms with Gasteiger partial charge in [0.1, 0.15) is 0 Å². The third kappa shape index (κ3) is 5.57. The summed E-state index contributed by atoms with van der Waals surface area (Å²) < 4.78 is 0. The van der Waals surface area contributed by atoms with Gasteiger partial charge in [-0.15, -0.1) is 24.8 Å². The van der Waals surface area contributed by atoms with Crippen LogP contribution in [0.15, 0.2) is 48.5 Å². The van der Waals surface area contributed by atoms with E-state index in [-0.39, 0.29) is 24.8 Å². The summed E-state index contributed by atoms with van der Waals surface area (Å²) >= 11 is 0. The zero-order chi connectivity index (χ0) is 19.4. The van der Waals surface area contributed by atoms with Gasteiger partial charge in [0, 0.05) is 23.7 Å². The van der Waals surface area contributed by atoms with E-state index >= 15 is 0 Å². The molecule has 0 aliphatic heterocycles. The van der Waals surface area contributed by atoms with Crippen LogP contribution >= 0.6 is 24.8 Å². The number of nitrogens with two attached hydrogens (primary N) is 2. The molecule has 6 heteroatoms. The van der Waals surface area contributed by atoms with E-state index in [9.17, 15) is 4.79 Å². The fraction of sp³-hybridized carbons (Fsp3) is 0.217. The quantitative estimate of drug-likeness (QED) is 0.540. The number of carbonyl (C=O) groups excluding carboxylic acids is 1. The van der Waals surface area contributed by atoms with Crippen LogP contribution < -0.4 is 11.5 Å². The van der Waals surface area contributed by atoms with E-state index in [1.54, 1.807) is 6.08 Å². The van der Waals surface area contributed by atoms with Crippen molar-refractivity contribution in [1.29, 1.82) is 0 Å². The van der Waals surface area contributed by atoms with E-state index in [1.807, 2.05) is 18.2 Å². The maximum absolute atomic E-state index is 11.1. The van der Waals surface area contributed by atoms with Crippen molar-refractivity contribution in [3.05, 3.63) is 70.9 Å². The van der Waals surface area contributed by atoms with E-state index in [4.69, 9.17) is 16.5 Å². The second kappa shape index (κ2) is 11.0. The Balaban J connectivity index is 0.00000210. The van der Waals surface area contributed by atoms with Crippen LogP contribution in [0.1, 0.15) is 35.7 Å². The largest absolute Gasteiger partial charge is 0.366 e. The number of halogens is 2. The number of aromatic nitrogens is 1. The van der Waals surface area contributed by atoms with E-state index in [0.29, 0.717) is 6.54 Å². The molecular weight excluding hydrogens is 405 g/mol. The predicted octanol–water partition coefficient (Wildman–Crippen LogP) is 4.96. The summed E-state index contributed by atoms with van der Waals surface area (Å²) in [5.74, 6) is -0.465. The van der Waals surface area contributed by atoms with E-state index in [2.05, 4.69) is 38.1 Å². The number of carbonyl (C=O) groups is 1. The molecule has 4 nitrogen and oxygen atoms in total. The van der Waals surface area contributed by atoms with E-state index in [0.717, 1.165) is 51.7 Å². The lowest BCUT2D eigenvalue weighted by molar-refractivity contribution is -0.113. The number of amides is 1. The Bertz CT molecular complexity index is 1010. The first-order chi connectivity index (χ1) is 13.0. The Morgan fingerprint density at radius 3 is 2.38 bits per heavy atom. The standard InChI is InChI=1S/C23H25N3O.2ClH/c1-3-4-20-19(14-24)23(17-9-5-15(2)6-10-17)18-13-16(8-12-22(25)27)7-11-21(18)26-20;;/h5-13H,3-4,14,24H2,1-2H3,(H2,25,27);2*1H. The molecule has 0 saturated carbocycles. The highest BCUT2D eigenvalue weighted by Gasteiger charge is 2.15. The molecule has 0 unspecified atom stereocenters. The normalized spacial score (nSPS) is 10.6. The lowest BCUT2D eigenvalue weighted by atomic mass is 9.91. The Kier molecular flexibility index (Phi) is 9.31. The van der Waals surface area contributed by atoms with Gasteiger partial charge in [-0.3, -0.25) is 9.78 Å². The average molecular weight is 432 g/mol. The summed E-state index contributed by atoms with van der Waals surface area (Å²) in [5.41, 5.74) is 18.8. The van der Waals surface area contributed by atoms with Crippen LogP contribution in [-0.4, -0.2) is 10.9 Å². The van der Waals surface area contributed by atoms with Crippen molar-refractivity contribution in [2.75, 3.05) is 0 Å². The highest BCUT2D eigenvalue weighted by atomic mass is 35.5. The van der Waals surface area contributed by atoms with Gasteiger partial charge < -0.3 is 11.5 Å². The van der Waals surface area contributed by atoms with Crippen molar-refractivity contribution in [2.45, 2.75) is 33.2 Å². The topological polar surface area (TPSA) is 82.0 Å². The Morgan fingerprint density at radius 2 is 1.79 bits per heavy atom. The van der Waals surface area contributed by atoms with Gasteiger partial charge in [-0.25, -0.2) is 0 Å². The molecule has 3 rings (SSSR count). The van der Waals surface area contributed by atoms with Gasteiger partial charge in [0.05, 0.1) is 5.52 Å². The van der Waals surface area contributed by atoms with Crippen LogP contribution in [0, 0.1) is 6.92 Å². The lowest BCUT2D eigenvalue weighted by Crippen LogP contribution is -2.08. The number of rotatable bonds is 6. The third-order valence-electron chi connectivity index (χ3n) is 4.67. The molecule has 0 fully saturated rings. The molecule has 0 radical (unpaired) electrons. The van der Waals surface area contributed by atoms with Gasteiger partial charge in [0.15, 0.2) is 0 Å². The number of fused-ring (bicyclic) bond motifs is 1. The number of aryl methyl sites for hydroxylation is 2. The number of hydrogen-bond acceptors (Lipinski definition) is 3. The summed E-state index contributed by atoms with van der Waals surface area (Å²) in [5, 5.41) is 1.03. The van der Waals surface area contributed by atoms with Crippen molar-refractivity contribution in [3.8, 4) is 11.1 Å². The van der Waals surface area contributed by atoms with Crippen LogP contribution in [0.5, 0.6) is 0 Å². The molecule has 0 saturated heterocycles. The summed E-state index contributed by atoms with van der Waals surface area (Å²) in [6.07, 6.45) is 5.00. The van der Waals surface area contributed by atoms with Gasteiger partial charge in [-0.05, 0) is 53.8 Å². The number of pyridine rings is 1. The first kappa shape index (κ1) is 24.6. The summed E-state index contributed by atoms with van der Waals surface area (Å²) in [6.45, 7) is 4.66. The minimum Gasteiger partial charge on any atom is -0.366 e. The zero-order valence-electron chi connectivity index (χ0n) is 16.6. The molecule has 29 heavy (non-hydrogen) atoms. The van der Waals surface area contributed by atoms with Gasteiger partial charge in [-0.2, -0.15) is 0 Å². The Hall–Kier alpha value is -2.40. The fourth-order valence-electron chi connectivity index (χ4n) is 3.37. The van der Waals surface area contributed by atoms with Crippen molar-refractivity contribution in [2.24, 2.45) is 11.5 Å². The number of hydrogen-bond donors (Lipinski definition) is 2. The smallest absolute Gasteiger partial charge is 0.241 e. The Labute approximate surface area is 184 Å². The highest BCUT2D eigenvalue weighted by molar-refractivity contribution is 5.98. The van der Waals surface area contributed by atoms with Crippen LogP contribution in [0.4, 0.5) is 0 Å². The van der Waals surface area contributed by atoms with Gasteiger partial charge >= 0.3 is 0 Å². The first-order valence-electron chi connectivity index (χ1n) is 9.23. The molecule has 0 aliphatic rings. The molecule has 154 valence electrons. The second-order valence-corrected chi connectivity index (χ2v) is 6.74. The van der Waals surface area contributed by atoms with E-state index < -0.39 is 5.91 Å². The molecule has 0 aliphatic carbocycles. The number of nitrogens with zero attached hydrogens (tertiary/aromatic N) is 1. The first-order valence-corrected chi connectivity index (χ1v) is 9.23. The van der Waals surface area contributed by atoms with Gasteiger partial charge in [0.2, 0.25) is 5.91 Å². The van der Waals surface area contributed by atoms with Crippen molar-refractivity contribution in [3.63, 3.8) is 0 Å².